The van der Waals surface area contributed by atoms with E-state index in [1.165, 1.54) is 5.56 Å². The third-order valence-electron chi connectivity index (χ3n) is 4.55. The number of carbonyl (C=O) groups is 1. The zero-order chi connectivity index (χ0) is 16.4. The van der Waals surface area contributed by atoms with Gasteiger partial charge in [-0.3, -0.25) is 4.79 Å². The van der Waals surface area contributed by atoms with Crippen LogP contribution in [-0.2, 0) is 11.2 Å². The normalized spacial score (nSPS) is 20.9. The number of hydrogen-bond acceptors (Lipinski definition) is 4. The molecule has 0 saturated carbocycles. The van der Waals surface area contributed by atoms with E-state index in [0.717, 1.165) is 35.8 Å². The number of aromatic nitrogens is 1. The van der Waals surface area contributed by atoms with Crippen LogP contribution in [0.25, 0.3) is 10.6 Å². The minimum absolute atomic E-state index is 0.0739. The number of amides is 1. The van der Waals surface area contributed by atoms with Gasteiger partial charge in [0, 0.05) is 24.0 Å². The molecule has 1 amide bonds. The van der Waals surface area contributed by atoms with Gasteiger partial charge in [0.05, 0.1) is 12.1 Å². The van der Waals surface area contributed by atoms with Crippen molar-refractivity contribution in [2.24, 2.45) is 11.1 Å². The molecule has 4 nitrogen and oxygen atoms in total. The van der Waals surface area contributed by atoms with E-state index >= 15 is 0 Å². The Hall–Kier alpha value is -1.72. The highest BCUT2D eigenvalue weighted by atomic mass is 32.1. The maximum Gasteiger partial charge on any atom is 0.228 e. The Morgan fingerprint density at radius 3 is 3.00 bits per heavy atom. The maximum atomic E-state index is 12.5. The number of rotatable bonds is 4. The van der Waals surface area contributed by atoms with Crippen molar-refractivity contribution in [1.29, 1.82) is 0 Å². The molecule has 3 rings (SSSR count). The lowest BCUT2D eigenvalue weighted by molar-refractivity contribution is -0.129. The first kappa shape index (κ1) is 16.1. The number of nitrogens with two attached hydrogens (primary N) is 1. The predicted octanol–water partition coefficient (Wildman–Crippen LogP) is 2.86. The van der Waals surface area contributed by atoms with Gasteiger partial charge in [-0.25, -0.2) is 4.98 Å². The Morgan fingerprint density at radius 2 is 2.30 bits per heavy atom. The van der Waals surface area contributed by atoms with E-state index in [1.54, 1.807) is 11.3 Å². The molecule has 2 N–H and O–H groups in total. The molecule has 1 aromatic carbocycles. The van der Waals surface area contributed by atoms with Crippen LogP contribution >= 0.6 is 11.3 Å². The molecule has 1 aliphatic rings. The van der Waals surface area contributed by atoms with Crippen molar-refractivity contribution in [2.75, 3.05) is 19.6 Å². The van der Waals surface area contributed by atoms with Crippen LogP contribution in [0.5, 0.6) is 0 Å². The van der Waals surface area contributed by atoms with E-state index in [-0.39, 0.29) is 11.3 Å². The summed E-state index contributed by atoms with van der Waals surface area (Å²) in [5.74, 6) is 0.156. The van der Waals surface area contributed by atoms with E-state index in [9.17, 15) is 4.79 Å². The first-order chi connectivity index (χ1) is 11.0. The second kappa shape index (κ2) is 6.42. The van der Waals surface area contributed by atoms with Gasteiger partial charge in [-0.2, -0.15) is 0 Å². The summed E-state index contributed by atoms with van der Waals surface area (Å²) in [4.78, 5) is 19.0. The van der Waals surface area contributed by atoms with Gasteiger partial charge in [0.25, 0.3) is 0 Å². The summed E-state index contributed by atoms with van der Waals surface area (Å²) in [5, 5.41) is 2.97. The highest BCUT2D eigenvalue weighted by Crippen LogP contribution is 2.29. The Kier molecular flexibility index (Phi) is 4.50. The predicted molar refractivity (Wildman–Crippen MR) is 94.3 cm³/mol. The molecule has 0 spiro atoms. The fraction of sp³-hybridized carbons (Fsp3) is 0.444. The van der Waals surface area contributed by atoms with E-state index in [1.807, 2.05) is 16.3 Å². The highest BCUT2D eigenvalue weighted by Gasteiger charge is 2.34. The molecule has 2 aromatic rings. The van der Waals surface area contributed by atoms with Crippen molar-refractivity contribution in [3.63, 3.8) is 0 Å². The molecular weight excluding hydrogens is 306 g/mol. The largest absolute Gasteiger partial charge is 0.342 e. The number of aryl methyl sites for hydroxylation is 1. The van der Waals surface area contributed by atoms with Gasteiger partial charge in [0.15, 0.2) is 0 Å². The molecule has 122 valence electrons. The van der Waals surface area contributed by atoms with Gasteiger partial charge in [-0.1, -0.05) is 30.7 Å². The summed E-state index contributed by atoms with van der Waals surface area (Å²) in [6.07, 6.45) is 1.36. The second-order valence-electron chi connectivity index (χ2n) is 6.77. The standard InChI is InChI=1S/C18H23N3OS/c1-13-4-3-5-14(8-13)17-20-15(10-23-17)9-16(22)21-7-6-18(2,11-19)12-21/h3-5,8,10H,6-7,9,11-12,19H2,1-2H3. The number of thiazole rings is 1. The molecule has 0 bridgehead atoms. The van der Waals surface area contributed by atoms with Crippen LogP contribution in [0.15, 0.2) is 29.6 Å². The van der Waals surface area contributed by atoms with E-state index < -0.39 is 0 Å². The summed E-state index contributed by atoms with van der Waals surface area (Å²) in [6, 6.07) is 8.29. The number of carbonyl (C=O) groups excluding carboxylic acids is 1. The molecule has 1 aromatic heterocycles. The van der Waals surface area contributed by atoms with Crippen LogP contribution in [0.2, 0.25) is 0 Å². The molecule has 1 saturated heterocycles. The molecular formula is C18H23N3OS. The van der Waals surface area contributed by atoms with Crippen LogP contribution in [0.3, 0.4) is 0 Å². The molecule has 5 heteroatoms. The Labute approximate surface area is 141 Å². The van der Waals surface area contributed by atoms with Gasteiger partial charge in [-0.05, 0) is 31.4 Å². The summed E-state index contributed by atoms with van der Waals surface area (Å²) in [6.45, 7) is 6.42. The highest BCUT2D eigenvalue weighted by molar-refractivity contribution is 7.13. The molecule has 1 unspecified atom stereocenters. The average molecular weight is 329 g/mol. The number of hydrogen-bond donors (Lipinski definition) is 1. The van der Waals surface area contributed by atoms with Crippen LogP contribution in [-0.4, -0.2) is 35.4 Å². The second-order valence-corrected chi connectivity index (χ2v) is 7.63. The quantitative estimate of drug-likeness (QED) is 0.938. The van der Waals surface area contributed by atoms with Crippen molar-refractivity contribution in [2.45, 2.75) is 26.7 Å². The monoisotopic (exact) mass is 329 g/mol. The van der Waals surface area contributed by atoms with Gasteiger partial charge in [0.2, 0.25) is 5.91 Å². The lowest BCUT2D eigenvalue weighted by Crippen LogP contribution is -2.35. The molecule has 2 heterocycles. The SMILES string of the molecule is Cc1cccc(-c2nc(CC(=O)N3CCC(C)(CN)C3)cs2)c1. The van der Waals surface area contributed by atoms with Crippen molar-refractivity contribution in [1.82, 2.24) is 9.88 Å². The summed E-state index contributed by atoms with van der Waals surface area (Å²) in [5.41, 5.74) is 9.08. The van der Waals surface area contributed by atoms with Gasteiger partial charge >= 0.3 is 0 Å². The topological polar surface area (TPSA) is 59.2 Å². The molecule has 1 aliphatic heterocycles. The van der Waals surface area contributed by atoms with Crippen LogP contribution in [0, 0.1) is 12.3 Å². The lowest BCUT2D eigenvalue weighted by Gasteiger charge is -2.22. The third-order valence-corrected chi connectivity index (χ3v) is 5.49. The van der Waals surface area contributed by atoms with E-state index in [0.29, 0.717) is 13.0 Å². The van der Waals surface area contributed by atoms with Crippen molar-refractivity contribution in [3.8, 4) is 10.6 Å². The number of nitrogens with zero attached hydrogens (tertiary/aromatic N) is 2. The smallest absolute Gasteiger partial charge is 0.228 e. The van der Waals surface area contributed by atoms with Gasteiger partial charge in [0.1, 0.15) is 5.01 Å². The van der Waals surface area contributed by atoms with Crippen molar-refractivity contribution >= 4 is 17.2 Å². The Morgan fingerprint density at radius 1 is 1.48 bits per heavy atom. The first-order valence-corrected chi connectivity index (χ1v) is 8.86. The lowest BCUT2D eigenvalue weighted by atomic mass is 9.90. The van der Waals surface area contributed by atoms with Crippen LogP contribution in [0.1, 0.15) is 24.6 Å². The van der Waals surface area contributed by atoms with Gasteiger partial charge < -0.3 is 10.6 Å². The zero-order valence-corrected chi connectivity index (χ0v) is 14.5. The van der Waals surface area contributed by atoms with Crippen molar-refractivity contribution in [3.05, 3.63) is 40.9 Å². The summed E-state index contributed by atoms with van der Waals surface area (Å²) < 4.78 is 0. The zero-order valence-electron chi connectivity index (χ0n) is 13.7. The number of likely N-dealkylation sites (tertiary alicyclic amines) is 1. The molecule has 1 fully saturated rings. The van der Waals surface area contributed by atoms with Crippen molar-refractivity contribution < 1.29 is 4.79 Å². The molecule has 23 heavy (non-hydrogen) atoms. The first-order valence-electron chi connectivity index (χ1n) is 7.98. The van der Waals surface area contributed by atoms with E-state index in [4.69, 9.17) is 5.73 Å². The Balaban J connectivity index is 1.67. The van der Waals surface area contributed by atoms with Gasteiger partial charge in [-0.15, -0.1) is 11.3 Å². The minimum atomic E-state index is 0.0739. The number of benzene rings is 1. The third kappa shape index (κ3) is 3.62. The fourth-order valence-corrected chi connectivity index (χ4v) is 3.79. The summed E-state index contributed by atoms with van der Waals surface area (Å²) >= 11 is 1.60. The molecule has 1 atom stereocenters. The van der Waals surface area contributed by atoms with Crippen LogP contribution in [0.4, 0.5) is 0 Å². The Bertz CT molecular complexity index is 712. The average Bonchev–Trinajstić information content (AvgIpc) is 3.15. The molecule has 0 radical (unpaired) electrons. The summed E-state index contributed by atoms with van der Waals surface area (Å²) in [7, 11) is 0. The maximum absolute atomic E-state index is 12.5. The minimum Gasteiger partial charge on any atom is -0.342 e. The van der Waals surface area contributed by atoms with Crippen LogP contribution < -0.4 is 5.73 Å². The van der Waals surface area contributed by atoms with E-state index in [2.05, 4.69) is 37.0 Å². The molecule has 0 aliphatic carbocycles. The fourth-order valence-electron chi connectivity index (χ4n) is 2.97.